The summed E-state index contributed by atoms with van der Waals surface area (Å²) in [7, 11) is 0. The van der Waals surface area contributed by atoms with Crippen LogP contribution in [0.15, 0.2) is 5.38 Å². The summed E-state index contributed by atoms with van der Waals surface area (Å²) in [5, 5.41) is 5.31. The molecular weight excluding hydrogens is 302 g/mol. The van der Waals surface area contributed by atoms with Crippen molar-refractivity contribution in [3.8, 4) is 0 Å². The second kappa shape index (κ2) is 5.96. The lowest BCUT2D eigenvalue weighted by Crippen LogP contribution is -2.57. The number of ether oxygens (including phenoxy) is 1. The molecule has 1 aromatic heterocycles. The van der Waals surface area contributed by atoms with Gasteiger partial charge in [-0.2, -0.15) is 0 Å². The molecule has 0 saturated carbocycles. The highest BCUT2D eigenvalue weighted by Crippen LogP contribution is 2.27. The minimum atomic E-state index is -1.04. The van der Waals surface area contributed by atoms with Crippen LogP contribution in [0.5, 0.6) is 0 Å². The second-order valence-electron chi connectivity index (χ2n) is 6.76. The number of carbonyl (C=O) groups excluding carboxylic acids is 2. The first kappa shape index (κ1) is 16.9. The summed E-state index contributed by atoms with van der Waals surface area (Å²) in [5.74, 6) is -0.320. The predicted molar refractivity (Wildman–Crippen MR) is 86.1 cm³/mol. The Balaban J connectivity index is 2.08. The Bertz CT molecular complexity index is 579. The van der Waals surface area contributed by atoms with Gasteiger partial charge in [0.05, 0.1) is 18.8 Å². The molecule has 1 aliphatic rings. The smallest absolute Gasteiger partial charge is 0.259 e. The van der Waals surface area contributed by atoms with Crippen molar-refractivity contribution in [1.29, 1.82) is 0 Å². The maximum Gasteiger partial charge on any atom is 0.259 e. The standard InChI is InChI=1S/C15H23N3O3S/c1-10(19)18-6-7-21-15(5,9-18)12(20)17-13-16-11(8-22-13)14(2,3)4/h8H,6-7,9H2,1-5H3,(H,16,17,20). The van der Waals surface area contributed by atoms with E-state index in [1.165, 1.54) is 18.3 Å². The van der Waals surface area contributed by atoms with Crippen LogP contribution >= 0.6 is 11.3 Å². The summed E-state index contributed by atoms with van der Waals surface area (Å²) < 4.78 is 5.62. The number of aromatic nitrogens is 1. The first-order valence-electron chi connectivity index (χ1n) is 7.29. The Morgan fingerprint density at radius 1 is 1.45 bits per heavy atom. The molecule has 2 amide bonds. The molecular formula is C15H23N3O3S. The molecule has 122 valence electrons. The zero-order valence-corrected chi connectivity index (χ0v) is 14.5. The zero-order chi connectivity index (χ0) is 16.5. The topological polar surface area (TPSA) is 71.5 Å². The Hall–Kier alpha value is -1.47. The number of rotatable bonds is 2. The van der Waals surface area contributed by atoms with Gasteiger partial charge in [-0.05, 0) is 6.92 Å². The SMILES string of the molecule is CC(=O)N1CCOC(C)(C(=O)Nc2nc(C(C)(C)C)cs2)C1. The largest absolute Gasteiger partial charge is 0.362 e. The van der Waals surface area contributed by atoms with E-state index in [1.807, 2.05) is 5.38 Å². The molecule has 0 radical (unpaired) electrons. The quantitative estimate of drug-likeness (QED) is 0.903. The first-order valence-corrected chi connectivity index (χ1v) is 8.17. The fourth-order valence-corrected chi connectivity index (χ4v) is 3.11. The molecule has 2 rings (SSSR count). The van der Waals surface area contributed by atoms with Gasteiger partial charge in [-0.25, -0.2) is 4.98 Å². The normalized spacial score (nSPS) is 22.5. The molecule has 1 fully saturated rings. The van der Waals surface area contributed by atoms with Gasteiger partial charge in [-0.1, -0.05) is 20.8 Å². The van der Waals surface area contributed by atoms with Crippen LogP contribution in [0.1, 0.15) is 40.3 Å². The van der Waals surface area contributed by atoms with Gasteiger partial charge in [0.25, 0.3) is 5.91 Å². The van der Waals surface area contributed by atoms with E-state index < -0.39 is 5.60 Å². The second-order valence-corrected chi connectivity index (χ2v) is 7.62. The van der Waals surface area contributed by atoms with Gasteiger partial charge in [-0.15, -0.1) is 11.3 Å². The maximum absolute atomic E-state index is 12.5. The fourth-order valence-electron chi connectivity index (χ4n) is 2.18. The average molecular weight is 325 g/mol. The Kier molecular flexibility index (Phi) is 4.58. The van der Waals surface area contributed by atoms with E-state index in [0.29, 0.717) is 18.3 Å². The van der Waals surface area contributed by atoms with Crippen LogP contribution in [0.4, 0.5) is 5.13 Å². The summed E-state index contributed by atoms with van der Waals surface area (Å²) in [6.07, 6.45) is 0. The van der Waals surface area contributed by atoms with Crippen LogP contribution in [-0.2, 0) is 19.7 Å². The van der Waals surface area contributed by atoms with Crippen LogP contribution in [0.3, 0.4) is 0 Å². The van der Waals surface area contributed by atoms with Crippen molar-refractivity contribution in [3.05, 3.63) is 11.1 Å². The number of carbonyl (C=O) groups is 2. The molecule has 22 heavy (non-hydrogen) atoms. The van der Waals surface area contributed by atoms with Crippen molar-refractivity contribution >= 4 is 28.3 Å². The van der Waals surface area contributed by atoms with Gasteiger partial charge in [0.1, 0.15) is 0 Å². The molecule has 6 nitrogen and oxygen atoms in total. The van der Waals surface area contributed by atoms with E-state index >= 15 is 0 Å². The number of nitrogens with zero attached hydrogens (tertiary/aromatic N) is 2. The Labute approximate surface area is 134 Å². The minimum absolute atomic E-state index is 0.0495. The third kappa shape index (κ3) is 3.64. The highest BCUT2D eigenvalue weighted by Gasteiger charge is 2.40. The molecule has 1 unspecified atom stereocenters. The van der Waals surface area contributed by atoms with Crippen LogP contribution in [0, 0.1) is 0 Å². The lowest BCUT2D eigenvalue weighted by atomic mass is 9.93. The third-order valence-electron chi connectivity index (χ3n) is 3.69. The number of morpholine rings is 1. The van der Waals surface area contributed by atoms with Gasteiger partial charge < -0.3 is 9.64 Å². The molecule has 1 N–H and O–H groups in total. The van der Waals surface area contributed by atoms with Gasteiger partial charge in [0.2, 0.25) is 5.91 Å². The summed E-state index contributed by atoms with van der Waals surface area (Å²) in [5.41, 5.74) is -0.166. The number of thiazole rings is 1. The molecule has 7 heteroatoms. The number of anilines is 1. The van der Waals surface area contributed by atoms with Gasteiger partial charge in [-0.3, -0.25) is 14.9 Å². The molecule has 1 aromatic rings. The molecule has 2 heterocycles. The summed E-state index contributed by atoms with van der Waals surface area (Å²) in [4.78, 5) is 30.1. The highest BCUT2D eigenvalue weighted by atomic mass is 32.1. The van der Waals surface area contributed by atoms with E-state index in [1.54, 1.807) is 11.8 Å². The summed E-state index contributed by atoms with van der Waals surface area (Å²) >= 11 is 1.40. The maximum atomic E-state index is 12.5. The highest BCUT2D eigenvalue weighted by molar-refractivity contribution is 7.14. The van der Waals surface area contributed by atoms with Crippen LogP contribution in [0.2, 0.25) is 0 Å². The molecule has 0 bridgehead atoms. The van der Waals surface area contributed by atoms with E-state index in [4.69, 9.17) is 4.74 Å². The van der Waals surface area contributed by atoms with E-state index in [0.717, 1.165) is 5.69 Å². The molecule has 0 aliphatic carbocycles. The van der Waals surface area contributed by atoms with Crippen LogP contribution < -0.4 is 5.32 Å². The van der Waals surface area contributed by atoms with Crippen molar-refractivity contribution in [1.82, 2.24) is 9.88 Å². The molecule has 1 aliphatic heterocycles. The van der Waals surface area contributed by atoms with Crippen molar-refractivity contribution < 1.29 is 14.3 Å². The van der Waals surface area contributed by atoms with Gasteiger partial charge in [0, 0.05) is 24.3 Å². The van der Waals surface area contributed by atoms with E-state index in [-0.39, 0.29) is 23.8 Å². The van der Waals surface area contributed by atoms with Crippen LogP contribution in [0.25, 0.3) is 0 Å². The monoisotopic (exact) mass is 325 g/mol. The van der Waals surface area contributed by atoms with Crippen LogP contribution in [-0.4, -0.2) is 47.0 Å². The van der Waals surface area contributed by atoms with E-state index in [2.05, 4.69) is 31.1 Å². The van der Waals surface area contributed by atoms with Gasteiger partial charge in [0.15, 0.2) is 10.7 Å². The Morgan fingerprint density at radius 3 is 2.68 bits per heavy atom. The molecule has 1 saturated heterocycles. The fraction of sp³-hybridized carbons (Fsp3) is 0.667. The molecule has 0 aromatic carbocycles. The number of nitrogens with one attached hydrogen (secondary N) is 1. The van der Waals surface area contributed by atoms with E-state index in [9.17, 15) is 9.59 Å². The zero-order valence-electron chi connectivity index (χ0n) is 13.7. The minimum Gasteiger partial charge on any atom is -0.362 e. The lowest BCUT2D eigenvalue weighted by Gasteiger charge is -2.38. The number of amides is 2. The number of hydrogen-bond acceptors (Lipinski definition) is 5. The lowest BCUT2D eigenvalue weighted by molar-refractivity contribution is -0.158. The van der Waals surface area contributed by atoms with Crippen molar-refractivity contribution in [2.24, 2.45) is 0 Å². The summed E-state index contributed by atoms with van der Waals surface area (Å²) in [6.45, 7) is 10.6. The molecule has 1 atom stereocenters. The number of hydrogen-bond donors (Lipinski definition) is 1. The third-order valence-corrected chi connectivity index (χ3v) is 4.45. The van der Waals surface area contributed by atoms with Crippen molar-refractivity contribution in [2.75, 3.05) is 25.0 Å². The van der Waals surface area contributed by atoms with Crippen molar-refractivity contribution in [3.63, 3.8) is 0 Å². The van der Waals surface area contributed by atoms with Crippen molar-refractivity contribution in [2.45, 2.75) is 45.6 Å². The first-order chi connectivity index (χ1) is 10.1. The average Bonchev–Trinajstić information content (AvgIpc) is 2.87. The molecule has 0 spiro atoms. The Morgan fingerprint density at radius 2 is 2.14 bits per heavy atom. The van der Waals surface area contributed by atoms with Gasteiger partial charge >= 0.3 is 0 Å². The summed E-state index contributed by atoms with van der Waals surface area (Å²) in [6, 6.07) is 0. The predicted octanol–water partition coefficient (Wildman–Crippen LogP) is 2.02.